The Balaban J connectivity index is 1.86. The molecule has 0 bridgehead atoms. The topological polar surface area (TPSA) is 50.8 Å². The highest BCUT2D eigenvalue weighted by Gasteiger charge is 2.29. The number of benzene rings is 2. The van der Waals surface area contributed by atoms with Gasteiger partial charge in [0.2, 0.25) is 0 Å². The molecule has 0 aromatic heterocycles. The Morgan fingerprint density at radius 3 is 2.45 bits per heavy atom. The van der Waals surface area contributed by atoms with Gasteiger partial charge in [-0.25, -0.2) is 0 Å². The molecule has 1 aliphatic heterocycles. The van der Waals surface area contributed by atoms with E-state index in [4.69, 9.17) is 21.7 Å². The molecule has 0 unspecified atom stereocenters. The molecular formula is C22H23BrN2O3S. The second kappa shape index (κ2) is 9.41. The van der Waals surface area contributed by atoms with Crippen LogP contribution < -0.4 is 14.8 Å². The van der Waals surface area contributed by atoms with Gasteiger partial charge in [-0.05, 0) is 62.3 Å². The molecule has 1 amide bonds. The van der Waals surface area contributed by atoms with Crippen LogP contribution in [0.15, 0.2) is 46.6 Å². The van der Waals surface area contributed by atoms with Crippen LogP contribution in [-0.2, 0) is 11.4 Å². The third-order valence-electron chi connectivity index (χ3n) is 4.46. The van der Waals surface area contributed by atoms with Gasteiger partial charge in [0.05, 0.1) is 6.61 Å². The third kappa shape index (κ3) is 4.97. The average Bonchev–Trinajstić information content (AvgIpc) is 2.97. The predicted molar refractivity (Wildman–Crippen MR) is 122 cm³/mol. The molecule has 7 heteroatoms. The lowest BCUT2D eigenvalue weighted by atomic mass is 10.1. The van der Waals surface area contributed by atoms with E-state index in [0.717, 1.165) is 15.6 Å². The van der Waals surface area contributed by atoms with E-state index in [9.17, 15) is 4.79 Å². The van der Waals surface area contributed by atoms with Gasteiger partial charge >= 0.3 is 0 Å². The van der Waals surface area contributed by atoms with Crippen molar-refractivity contribution in [1.29, 1.82) is 0 Å². The fourth-order valence-electron chi connectivity index (χ4n) is 2.90. The minimum atomic E-state index is -0.137. The number of rotatable bonds is 7. The molecule has 29 heavy (non-hydrogen) atoms. The van der Waals surface area contributed by atoms with E-state index in [1.807, 2.05) is 38.1 Å². The number of amides is 1. The van der Waals surface area contributed by atoms with Crippen molar-refractivity contribution < 1.29 is 14.3 Å². The zero-order valence-electron chi connectivity index (χ0n) is 16.6. The Kier molecular flexibility index (Phi) is 6.92. The number of halogens is 1. The standard InChI is InChI=1S/C22H23BrN2O3S/c1-4-25-21(26)18(24-22(25)29)10-16-11-19(27-5-2)20(12-17(16)23)28-13-15-8-6-14(3)7-9-15/h6-12H,4-5,13H2,1-3H3,(H,24,29)/b18-10-. The molecule has 3 rings (SSSR count). The highest BCUT2D eigenvalue weighted by atomic mass is 79.9. The van der Waals surface area contributed by atoms with Gasteiger partial charge in [-0.15, -0.1) is 0 Å². The summed E-state index contributed by atoms with van der Waals surface area (Å²) in [5.74, 6) is 1.12. The van der Waals surface area contributed by atoms with Gasteiger partial charge in [0.1, 0.15) is 12.3 Å². The van der Waals surface area contributed by atoms with Crippen LogP contribution in [-0.4, -0.2) is 29.1 Å². The number of aryl methyl sites for hydroxylation is 1. The van der Waals surface area contributed by atoms with E-state index in [1.165, 1.54) is 10.5 Å². The summed E-state index contributed by atoms with van der Waals surface area (Å²) >= 11 is 8.79. The van der Waals surface area contributed by atoms with E-state index >= 15 is 0 Å². The molecule has 1 heterocycles. The minimum absolute atomic E-state index is 0.137. The Labute approximate surface area is 184 Å². The second-order valence-corrected chi connectivity index (χ2v) is 7.81. The highest BCUT2D eigenvalue weighted by molar-refractivity contribution is 9.10. The van der Waals surface area contributed by atoms with Gasteiger partial charge in [-0.3, -0.25) is 9.69 Å². The Morgan fingerprint density at radius 1 is 1.14 bits per heavy atom. The van der Waals surface area contributed by atoms with Crippen LogP contribution in [0, 0.1) is 6.92 Å². The highest BCUT2D eigenvalue weighted by Crippen LogP contribution is 2.35. The molecule has 0 atom stereocenters. The number of hydrogen-bond donors (Lipinski definition) is 1. The van der Waals surface area contributed by atoms with Crippen molar-refractivity contribution in [2.24, 2.45) is 0 Å². The van der Waals surface area contributed by atoms with E-state index in [-0.39, 0.29) is 5.91 Å². The number of nitrogens with zero attached hydrogens (tertiary/aromatic N) is 1. The molecule has 1 saturated heterocycles. The molecule has 0 radical (unpaired) electrons. The Hall–Kier alpha value is -2.38. The Morgan fingerprint density at radius 2 is 1.83 bits per heavy atom. The largest absolute Gasteiger partial charge is 0.490 e. The van der Waals surface area contributed by atoms with Crippen LogP contribution in [0.25, 0.3) is 6.08 Å². The minimum Gasteiger partial charge on any atom is -0.490 e. The first-order valence-electron chi connectivity index (χ1n) is 9.42. The van der Waals surface area contributed by atoms with Gasteiger partial charge in [0, 0.05) is 11.0 Å². The van der Waals surface area contributed by atoms with Crippen LogP contribution >= 0.6 is 28.1 Å². The molecule has 0 aliphatic carbocycles. The van der Waals surface area contributed by atoms with Gasteiger partial charge in [-0.2, -0.15) is 0 Å². The summed E-state index contributed by atoms with van der Waals surface area (Å²) in [5, 5.41) is 3.39. The zero-order valence-corrected chi connectivity index (χ0v) is 19.0. The summed E-state index contributed by atoms with van der Waals surface area (Å²) in [5.41, 5.74) is 3.52. The van der Waals surface area contributed by atoms with Gasteiger partial charge < -0.3 is 14.8 Å². The molecule has 2 aromatic rings. The number of nitrogens with one attached hydrogen (secondary N) is 1. The first-order chi connectivity index (χ1) is 13.9. The summed E-state index contributed by atoms with van der Waals surface area (Å²) in [7, 11) is 0. The molecule has 0 saturated carbocycles. The number of likely N-dealkylation sites (N-methyl/N-ethyl adjacent to an activating group) is 1. The van der Waals surface area contributed by atoms with Crippen molar-refractivity contribution in [3.05, 3.63) is 63.3 Å². The summed E-state index contributed by atoms with van der Waals surface area (Å²) < 4.78 is 12.6. The first kappa shape index (κ1) is 21.3. The SMILES string of the molecule is CCOc1cc(/C=C2\NC(=S)N(CC)C2=O)c(Br)cc1OCc1ccc(C)cc1. The van der Waals surface area contributed by atoms with Crippen molar-refractivity contribution in [2.75, 3.05) is 13.2 Å². The van der Waals surface area contributed by atoms with Crippen LogP contribution in [0.4, 0.5) is 0 Å². The van der Waals surface area contributed by atoms with E-state index in [1.54, 1.807) is 6.08 Å². The van der Waals surface area contributed by atoms with Crippen LogP contribution in [0.1, 0.15) is 30.5 Å². The van der Waals surface area contributed by atoms with Crippen molar-refractivity contribution in [2.45, 2.75) is 27.4 Å². The van der Waals surface area contributed by atoms with Crippen LogP contribution in [0.3, 0.4) is 0 Å². The predicted octanol–water partition coefficient (Wildman–Crippen LogP) is 4.81. The second-order valence-electron chi connectivity index (χ2n) is 6.57. The van der Waals surface area contributed by atoms with Crippen LogP contribution in [0.5, 0.6) is 11.5 Å². The third-order valence-corrected chi connectivity index (χ3v) is 5.47. The number of hydrogen-bond acceptors (Lipinski definition) is 4. The van der Waals surface area contributed by atoms with Gasteiger partial charge in [0.25, 0.3) is 5.91 Å². The monoisotopic (exact) mass is 474 g/mol. The van der Waals surface area contributed by atoms with Crippen molar-refractivity contribution in [3.8, 4) is 11.5 Å². The molecule has 152 valence electrons. The van der Waals surface area contributed by atoms with Crippen molar-refractivity contribution >= 4 is 45.2 Å². The maximum atomic E-state index is 12.5. The fraction of sp³-hybridized carbons (Fsp3) is 0.273. The number of thiocarbonyl (C=S) groups is 1. The summed E-state index contributed by atoms with van der Waals surface area (Å²) in [4.78, 5) is 14.0. The smallest absolute Gasteiger partial charge is 0.276 e. The number of carbonyl (C=O) groups excluding carboxylic acids is 1. The lowest BCUT2D eigenvalue weighted by Gasteiger charge is -2.14. The molecule has 0 spiro atoms. The lowest BCUT2D eigenvalue weighted by molar-refractivity contribution is -0.122. The van der Waals surface area contributed by atoms with Gasteiger partial charge in [0.15, 0.2) is 16.6 Å². The first-order valence-corrected chi connectivity index (χ1v) is 10.6. The maximum absolute atomic E-state index is 12.5. The maximum Gasteiger partial charge on any atom is 0.276 e. The van der Waals surface area contributed by atoms with Crippen molar-refractivity contribution in [3.63, 3.8) is 0 Å². The molecule has 1 fully saturated rings. The lowest BCUT2D eigenvalue weighted by Crippen LogP contribution is -2.30. The van der Waals surface area contributed by atoms with Gasteiger partial charge in [-0.1, -0.05) is 45.8 Å². The van der Waals surface area contributed by atoms with Crippen molar-refractivity contribution in [1.82, 2.24) is 10.2 Å². The molecular weight excluding hydrogens is 452 g/mol. The van der Waals surface area contributed by atoms with E-state index in [0.29, 0.717) is 42.1 Å². The molecule has 5 nitrogen and oxygen atoms in total. The fourth-order valence-corrected chi connectivity index (χ4v) is 3.66. The summed E-state index contributed by atoms with van der Waals surface area (Å²) in [6, 6.07) is 11.9. The Bertz CT molecular complexity index is 957. The molecule has 2 aromatic carbocycles. The number of ether oxygens (including phenoxy) is 2. The van der Waals surface area contributed by atoms with Crippen LogP contribution in [0.2, 0.25) is 0 Å². The molecule has 1 N–H and O–H groups in total. The zero-order chi connectivity index (χ0) is 21.0. The molecule has 1 aliphatic rings. The average molecular weight is 475 g/mol. The summed E-state index contributed by atoms with van der Waals surface area (Å²) in [6.45, 7) is 7.33. The number of carbonyl (C=O) groups is 1. The normalized spacial score (nSPS) is 15.0. The van der Waals surface area contributed by atoms with E-state index in [2.05, 4.69) is 40.3 Å². The summed E-state index contributed by atoms with van der Waals surface area (Å²) in [6.07, 6.45) is 1.76. The van der Waals surface area contributed by atoms with E-state index < -0.39 is 0 Å². The quantitative estimate of drug-likeness (QED) is 0.460.